The third-order valence-corrected chi connectivity index (χ3v) is 5.56. The molecule has 1 nitrogen and oxygen atoms in total. The van der Waals surface area contributed by atoms with Gasteiger partial charge in [-0.1, -0.05) is 6.92 Å². The number of fused-ring (bicyclic) bond motifs is 2. The van der Waals surface area contributed by atoms with Crippen molar-refractivity contribution in [1.29, 1.82) is 0 Å². The van der Waals surface area contributed by atoms with E-state index in [4.69, 9.17) is 4.74 Å². The van der Waals surface area contributed by atoms with Crippen molar-refractivity contribution in [3.05, 3.63) is 0 Å². The molecule has 2 bridgehead atoms. The molecular formula is C14H24O. The molecule has 3 fully saturated rings. The smallest absolute Gasteiger partial charge is 0.0839 e. The van der Waals surface area contributed by atoms with Crippen LogP contribution in [-0.2, 0) is 4.74 Å². The fourth-order valence-electron chi connectivity index (χ4n) is 4.18. The van der Waals surface area contributed by atoms with Crippen molar-refractivity contribution in [2.75, 3.05) is 0 Å². The van der Waals surface area contributed by atoms with Gasteiger partial charge in [-0.2, -0.15) is 0 Å². The molecular weight excluding hydrogens is 184 g/mol. The fourth-order valence-corrected chi connectivity index (χ4v) is 4.18. The van der Waals surface area contributed by atoms with Crippen LogP contribution in [0.2, 0.25) is 0 Å². The normalized spacial score (nSPS) is 49.6. The number of hydrogen-bond acceptors (Lipinski definition) is 1. The summed E-state index contributed by atoms with van der Waals surface area (Å²) in [7, 11) is 0. The molecule has 2 saturated carbocycles. The van der Waals surface area contributed by atoms with Gasteiger partial charge in [0, 0.05) is 0 Å². The fraction of sp³-hybridized carbons (Fsp3) is 1.00. The van der Waals surface area contributed by atoms with Crippen LogP contribution in [0.3, 0.4) is 0 Å². The first kappa shape index (κ1) is 10.1. The lowest BCUT2D eigenvalue weighted by Gasteiger charge is -2.33. The van der Waals surface area contributed by atoms with Crippen molar-refractivity contribution in [2.24, 2.45) is 17.3 Å². The summed E-state index contributed by atoms with van der Waals surface area (Å²) in [5.41, 5.74) is 0.767. The maximum absolute atomic E-state index is 5.51. The Bertz CT molecular complexity index is 240. The molecule has 0 aromatic rings. The minimum absolute atomic E-state index is 0.564. The van der Waals surface area contributed by atoms with Gasteiger partial charge in [-0.25, -0.2) is 0 Å². The van der Waals surface area contributed by atoms with E-state index in [2.05, 4.69) is 13.8 Å². The lowest BCUT2D eigenvalue weighted by atomic mass is 9.72. The van der Waals surface area contributed by atoms with Gasteiger partial charge in [0.25, 0.3) is 0 Å². The molecule has 86 valence electrons. The van der Waals surface area contributed by atoms with Crippen molar-refractivity contribution in [1.82, 2.24) is 0 Å². The Balaban J connectivity index is 1.53. The summed E-state index contributed by atoms with van der Waals surface area (Å²) in [6, 6.07) is 0. The standard InChI is InChI=1S/C14H24O/c1-10(3-4-13-11(2)15-13)14-7-5-12(9-14)6-8-14/h10-13H,3-9H2,1-2H3. The Kier molecular flexibility index (Phi) is 2.35. The van der Waals surface area contributed by atoms with Crippen LogP contribution in [0, 0.1) is 17.3 Å². The van der Waals surface area contributed by atoms with Gasteiger partial charge in [0.2, 0.25) is 0 Å². The molecule has 1 saturated heterocycles. The average molecular weight is 208 g/mol. The first-order valence-corrected chi connectivity index (χ1v) is 6.85. The minimum Gasteiger partial charge on any atom is -0.370 e. The lowest BCUT2D eigenvalue weighted by Crippen LogP contribution is -2.24. The SMILES string of the molecule is CC1OC1CCC(C)C12CCC(CC1)C2. The highest BCUT2D eigenvalue weighted by molar-refractivity contribution is 4.98. The van der Waals surface area contributed by atoms with Gasteiger partial charge >= 0.3 is 0 Å². The largest absolute Gasteiger partial charge is 0.370 e. The van der Waals surface area contributed by atoms with E-state index in [0.29, 0.717) is 12.2 Å². The zero-order chi connectivity index (χ0) is 10.5. The summed E-state index contributed by atoms with van der Waals surface area (Å²) in [5, 5.41) is 0. The van der Waals surface area contributed by atoms with E-state index in [1.165, 1.54) is 38.5 Å². The van der Waals surface area contributed by atoms with Crippen LogP contribution in [0.4, 0.5) is 0 Å². The van der Waals surface area contributed by atoms with E-state index in [1.807, 2.05) is 0 Å². The number of epoxide rings is 1. The third-order valence-electron chi connectivity index (χ3n) is 5.56. The number of rotatable bonds is 4. The summed E-state index contributed by atoms with van der Waals surface area (Å²) >= 11 is 0. The lowest BCUT2D eigenvalue weighted by molar-refractivity contribution is 0.167. The predicted molar refractivity (Wildman–Crippen MR) is 61.7 cm³/mol. The van der Waals surface area contributed by atoms with Crippen molar-refractivity contribution >= 4 is 0 Å². The third kappa shape index (κ3) is 1.73. The van der Waals surface area contributed by atoms with Gasteiger partial charge in [-0.3, -0.25) is 0 Å². The first-order chi connectivity index (χ1) is 7.20. The predicted octanol–water partition coefficient (Wildman–Crippen LogP) is 3.77. The van der Waals surface area contributed by atoms with Crippen molar-refractivity contribution in [2.45, 2.75) is 71.0 Å². The average Bonchev–Trinajstić information content (AvgIpc) is 2.71. The second kappa shape index (κ2) is 3.48. The van der Waals surface area contributed by atoms with Crippen LogP contribution in [0.5, 0.6) is 0 Å². The molecule has 3 rings (SSSR count). The minimum atomic E-state index is 0.564. The summed E-state index contributed by atoms with van der Waals surface area (Å²) in [6.07, 6.45) is 11.6. The molecule has 0 N–H and O–H groups in total. The molecule has 1 aliphatic heterocycles. The van der Waals surface area contributed by atoms with E-state index in [1.54, 1.807) is 6.42 Å². The van der Waals surface area contributed by atoms with Crippen LogP contribution in [0.15, 0.2) is 0 Å². The number of hydrogen-bond donors (Lipinski definition) is 0. The van der Waals surface area contributed by atoms with E-state index in [0.717, 1.165) is 17.3 Å². The first-order valence-electron chi connectivity index (χ1n) is 6.85. The molecule has 0 spiro atoms. The van der Waals surface area contributed by atoms with Crippen LogP contribution in [0.1, 0.15) is 58.8 Å². The summed E-state index contributed by atoms with van der Waals surface area (Å²) in [5.74, 6) is 2.05. The summed E-state index contributed by atoms with van der Waals surface area (Å²) < 4.78 is 5.51. The van der Waals surface area contributed by atoms with E-state index < -0.39 is 0 Å². The van der Waals surface area contributed by atoms with Crippen LogP contribution in [0.25, 0.3) is 0 Å². The van der Waals surface area contributed by atoms with Gasteiger partial charge in [-0.15, -0.1) is 0 Å². The van der Waals surface area contributed by atoms with Crippen molar-refractivity contribution < 1.29 is 4.74 Å². The van der Waals surface area contributed by atoms with E-state index in [9.17, 15) is 0 Å². The maximum atomic E-state index is 5.51. The summed E-state index contributed by atoms with van der Waals surface area (Å²) in [4.78, 5) is 0. The molecule has 2 aliphatic carbocycles. The highest BCUT2D eigenvalue weighted by Gasteiger charge is 2.48. The Morgan fingerprint density at radius 1 is 1.33 bits per heavy atom. The van der Waals surface area contributed by atoms with Gasteiger partial charge in [0.15, 0.2) is 0 Å². The molecule has 3 unspecified atom stereocenters. The second-order valence-corrected chi connectivity index (χ2v) is 6.37. The molecule has 3 atom stereocenters. The topological polar surface area (TPSA) is 12.5 Å². The monoisotopic (exact) mass is 208 g/mol. The van der Waals surface area contributed by atoms with Crippen LogP contribution in [-0.4, -0.2) is 12.2 Å². The zero-order valence-corrected chi connectivity index (χ0v) is 10.2. The quantitative estimate of drug-likeness (QED) is 0.641. The molecule has 1 heteroatoms. The maximum Gasteiger partial charge on any atom is 0.0839 e. The van der Waals surface area contributed by atoms with Gasteiger partial charge in [-0.05, 0) is 69.1 Å². The highest BCUT2D eigenvalue weighted by atomic mass is 16.6. The molecule has 1 heterocycles. The van der Waals surface area contributed by atoms with Crippen LogP contribution < -0.4 is 0 Å². The van der Waals surface area contributed by atoms with E-state index >= 15 is 0 Å². The van der Waals surface area contributed by atoms with Gasteiger partial charge < -0.3 is 4.74 Å². The molecule has 0 radical (unpaired) electrons. The van der Waals surface area contributed by atoms with E-state index in [-0.39, 0.29) is 0 Å². The molecule has 0 aromatic heterocycles. The van der Waals surface area contributed by atoms with Crippen molar-refractivity contribution in [3.8, 4) is 0 Å². The van der Waals surface area contributed by atoms with Gasteiger partial charge in [0.05, 0.1) is 12.2 Å². The molecule has 0 aromatic carbocycles. The molecule has 0 amide bonds. The highest BCUT2D eigenvalue weighted by Crippen LogP contribution is 2.59. The second-order valence-electron chi connectivity index (χ2n) is 6.37. The van der Waals surface area contributed by atoms with Gasteiger partial charge in [0.1, 0.15) is 0 Å². The number of ether oxygens (including phenoxy) is 1. The molecule has 3 aliphatic rings. The Labute approximate surface area is 93.6 Å². The Hall–Kier alpha value is -0.0400. The summed E-state index contributed by atoms with van der Waals surface area (Å²) in [6.45, 7) is 4.70. The van der Waals surface area contributed by atoms with Crippen LogP contribution >= 0.6 is 0 Å². The Morgan fingerprint density at radius 3 is 2.47 bits per heavy atom. The molecule has 15 heavy (non-hydrogen) atoms. The Morgan fingerprint density at radius 2 is 2.00 bits per heavy atom. The van der Waals surface area contributed by atoms with Crippen molar-refractivity contribution in [3.63, 3.8) is 0 Å². The zero-order valence-electron chi connectivity index (χ0n) is 10.2.